The van der Waals surface area contributed by atoms with Gasteiger partial charge in [-0.3, -0.25) is 4.79 Å². The zero-order valence-electron chi connectivity index (χ0n) is 9.30. The second-order valence-corrected chi connectivity index (χ2v) is 3.97. The Kier molecular flexibility index (Phi) is 3.19. The maximum absolute atomic E-state index is 11.4. The highest BCUT2D eigenvalue weighted by Crippen LogP contribution is 2.37. The number of ether oxygens (including phenoxy) is 1. The number of hydrogen-bond donors (Lipinski definition) is 1. The predicted octanol–water partition coefficient (Wildman–Crippen LogP) is 0.251. The van der Waals surface area contributed by atoms with Crippen molar-refractivity contribution in [1.82, 2.24) is 15.0 Å². The molecule has 0 aromatic carbocycles. The van der Waals surface area contributed by atoms with E-state index in [-0.39, 0.29) is 17.9 Å². The molecule has 0 atom stereocenters. The van der Waals surface area contributed by atoms with Gasteiger partial charge in [0.15, 0.2) is 0 Å². The molecule has 0 bridgehead atoms. The van der Waals surface area contributed by atoms with Crippen LogP contribution in [0.2, 0.25) is 0 Å². The molecule has 1 saturated carbocycles. The Labute approximate surface area is 93.8 Å². The van der Waals surface area contributed by atoms with Gasteiger partial charge in [0.2, 0.25) is 0 Å². The van der Waals surface area contributed by atoms with E-state index in [1.807, 2.05) is 13.1 Å². The molecule has 88 valence electrons. The lowest BCUT2D eigenvalue weighted by atomic mass is 9.80. The van der Waals surface area contributed by atoms with E-state index >= 15 is 0 Å². The topological polar surface area (TPSA) is 83.0 Å². The van der Waals surface area contributed by atoms with Gasteiger partial charge in [-0.05, 0) is 19.8 Å². The highest BCUT2D eigenvalue weighted by Gasteiger charge is 2.37. The third-order valence-electron chi connectivity index (χ3n) is 2.87. The van der Waals surface area contributed by atoms with E-state index < -0.39 is 0 Å². The summed E-state index contributed by atoms with van der Waals surface area (Å²) in [5, 5.41) is 7.90. The normalized spacial score (nSPS) is 23.9. The molecule has 1 aromatic rings. The fourth-order valence-electron chi connectivity index (χ4n) is 1.84. The molecule has 2 N–H and O–H groups in total. The largest absolute Gasteiger partial charge is 0.466 e. The molecule has 16 heavy (non-hydrogen) atoms. The van der Waals surface area contributed by atoms with Gasteiger partial charge in [-0.15, -0.1) is 5.10 Å². The molecule has 6 nitrogen and oxygen atoms in total. The summed E-state index contributed by atoms with van der Waals surface area (Å²) in [7, 11) is 0. The fraction of sp³-hybridized carbons (Fsp3) is 0.700. The van der Waals surface area contributed by atoms with Gasteiger partial charge in [-0.2, -0.15) is 0 Å². The van der Waals surface area contributed by atoms with Crippen molar-refractivity contribution in [2.75, 3.05) is 6.61 Å². The van der Waals surface area contributed by atoms with Crippen molar-refractivity contribution in [2.24, 2.45) is 11.7 Å². The average Bonchev–Trinajstić information content (AvgIpc) is 2.64. The van der Waals surface area contributed by atoms with Crippen LogP contribution in [0.1, 0.15) is 31.5 Å². The molecule has 2 rings (SSSR count). The van der Waals surface area contributed by atoms with E-state index in [0.29, 0.717) is 13.2 Å². The minimum Gasteiger partial charge on any atom is -0.466 e. The minimum atomic E-state index is -0.0992. The number of carbonyl (C=O) groups is 1. The Hall–Kier alpha value is -1.43. The molecule has 0 amide bonds. The van der Waals surface area contributed by atoms with Gasteiger partial charge < -0.3 is 10.5 Å². The maximum Gasteiger partial charge on any atom is 0.309 e. The summed E-state index contributed by atoms with van der Waals surface area (Å²) in [6, 6.07) is 0.266. The second-order valence-electron chi connectivity index (χ2n) is 3.97. The number of esters is 1. The molecular weight excluding hydrogens is 208 g/mol. The van der Waals surface area contributed by atoms with Crippen molar-refractivity contribution in [1.29, 1.82) is 0 Å². The molecule has 1 aromatic heterocycles. The lowest BCUT2D eigenvalue weighted by molar-refractivity contribution is -0.152. The molecule has 6 heteroatoms. The first kappa shape index (κ1) is 11.1. The van der Waals surface area contributed by atoms with Gasteiger partial charge in [0.25, 0.3) is 0 Å². The summed E-state index contributed by atoms with van der Waals surface area (Å²) in [6.45, 7) is 2.66. The first-order chi connectivity index (χ1) is 7.74. The minimum absolute atomic E-state index is 0.0236. The zero-order valence-corrected chi connectivity index (χ0v) is 9.30. The van der Waals surface area contributed by atoms with E-state index in [2.05, 4.69) is 10.3 Å². The maximum atomic E-state index is 11.4. The summed E-state index contributed by atoms with van der Waals surface area (Å²) >= 11 is 0. The second kappa shape index (κ2) is 4.61. The quantitative estimate of drug-likeness (QED) is 0.741. The Morgan fingerprint density at radius 1 is 1.69 bits per heavy atom. The van der Waals surface area contributed by atoms with Crippen molar-refractivity contribution in [3.8, 4) is 0 Å². The monoisotopic (exact) mass is 224 g/mol. The molecule has 1 aliphatic carbocycles. The van der Waals surface area contributed by atoms with E-state index in [1.54, 1.807) is 4.68 Å². The van der Waals surface area contributed by atoms with Crippen LogP contribution in [0.4, 0.5) is 0 Å². The van der Waals surface area contributed by atoms with Crippen LogP contribution < -0.4 is 5.73 Å². The summed E-state index contributed by atoms with van der Waals surface area (Å²) in [5.74, 6) is -0.0756. The van der Waals surface area contributed by atoms with Gasteiger partial charge in [-0.25, -0.2) is 4.68 Å². The average molecular weight is 224 g/mol. The first-order valence-electron chi connectivity index (χ1n) is 5.52. The lowest BCUT2D eigenvalue weighted by Crippen LogP contribution is -2.33. The summed E-state index contributed by atoms with van der Waals surface area (Å²) in [5.41, 5.74) is 6.23. The van der Waals surface area contributed by atoms with Crippen molar-refractivity contribution in [2.45, 2.75) is 32.4 Å². The standard InChI is InChI=1S/C10H16N4O2/c1-2-16-10(15)7-3-9(4-7)14-6-8(5-11)12-13-14/h6-7,9H,2-5,11H2,1H3. The van der Waals surface area contributed by atoms with Crippen LogP contribution in [-0.2, 0) is 16.1 Å². The first-order valence-corrected chi connectivity index (χ1v) is 5.52. The molecule has 1 fully saturated rings. The van der Waals surface area contributed by atoms with E-state index in [0.717, 1.165) is 18.5 Å². The van der Waals surface area contributed by atoms with Gasteiger partial charge in [0.05, 0.1) is 30.5 Å². The molecule has 0 unspecified atom stereocenters. The SMILES string of the molecule is CCOC(=O)C1CC(n2cc(CN)nn2)C1. The number of rotatable bonds is 4. The summed E-state index contributed by atoms with van der Waals surface area (Å²) < 4.78 is 6.74. The van der Waals surface area contributed by atoms with Crippen LogP contribution >= 0.6 is 0 Å². The Balaban J connectivity index is 1.86. The van der Waals surface area contributed by atoms with E-state index in [9.17, 15) is 4.79 Å². The van der Waals surface area contributed by atoms with E-state index in [1.165, 1.54) is 0 Å². The molecule has 1 aliphatic rings. The van der Waals surface area contributed by atoms with Crippen LogP contribution in [0.25, 0.3) is 0 Å². The molecular formula is C10H16N4O2. The molecule has 0 aliphatic heterocycles. The molecule has 1 heterocycles. The number of hydrogen-bond acceptors (Lipinski definition) is 5. The molecule has 0 radical (unpaired) electrons. The Morgan fingerprint density at radius 3 is 3.00 bits per heavy atom. The molecule has 0 spiro atoms. The third kappa shape index (κ3) is 2.06. The smallest absolute Gasteiger partial charge is 0.309 e. The predicted molar refractivity (Wildman–Crippen MR) is 56.3 cm³/mol. The highest BCUT2D eigenvalue weighted by molar-refractivity contribution is 5.73. The van der Waals surface area contributed by atoms with Crippen LogP contribution in [-0.4, -0.2) is 27.6 Å². The number of nitrogens with two attached hydrogens (primary N) is 1. The van der Waals surface area contributed by atoms with Gasteiger partial charge in [-0.1, -0.05) is 5.21 Å². The number of aromatic nitrogens is 3. The van der Waals surface area contributed by atoms with Crippen LogP contribution in [0.5, 0.6) is 0 Å². The fourth-order valence-corrected chi connectivity index (χ4v) is 1.84. The Morgan fingerprint density at radius 2 is 2.44 bits per heavy atom. The van der Waals surface area contributed by atoms with Crippen molar-refractivity contribution in [3.05, 3.63) is 11.9 Å². The zero-order chi connectivity index (χ0) is 11.5. The van der Waals surface area contributed by atoms with Crippen LogP contribution in [0.15, 0.2) is 6.20 Å². The van der Waals surface area contributed by atoms with Crippen molar-refractivity contribution < 1.29 is 9.53 Å². The van der Waals surface area contributed by atoms with E-state index in [4.69, 9.17) is 10.5 Å². The lowest BCUT2D eigenvalue weighted by Gasteiger charge is -2.32. The van der Waals surface area contributed by atoms with Crippen molar-refractivity contribution in [3.63, 3.8) is 0 Å². The summed E-state index contributed by atoms with van der Waals surface area (Å²) in [6.07, 6.45) is 3.41. The highest BCUT2D eigenvalue weighted by atomic mass is 16.5. The summed E-state index contributed by atoms with van der Waals surface area (Å²) in [4.78, 5) is 11.4. The van der Waals surface area contributed by atoms with Crippen LogP contribution in [0, 0.1) is 5.92 Å². The van der Waals surface area contributed by atoms with Crippen LogP contribution in [0.3, 0.4) is 0 Å². The van der Waals surface area contributed by atoms with Gasteiger partial charge >= 0.3 is 5.97 Å². The number of nitrogens with zero attached hydrogens (tertiary/aromatic N) is 3. The van der Waals surface area contributed by atoms with Crippen molar-refractivity contribution >= 4 is 5.97 Å². The third-order valence-corrected chi connectivity index (χ3v) is 2.87. The number of carbonyl (C=O) groups excluding carboxylic acids is 1. The molecule has 0 saturated heterocycles. The Bertz CT molecular complexity index is 371. The van der Waals surface area contributed by atoms with Gasteiger partial charge in [0, 0.05) is 6.54 Å². The van der Waals surface area contributed by atoms with Gasteiger partial charge in [0.1, 0.15) is 0 Å².